The third kappa shape index (κ3) is 3.49. The van der Waals surface area contributed by atoms with Gasteiger partial charge in [-0.05, 0) is 36.9 Å². The predicted molar refractivity (Wildman–Crippen MR) is 121 cm³/mol. The molecule has 0 radical (unpaired) electrons. The van der Waals surface area contributed by atoms with Crippen LogP contribution in [0, 0.1) is 17.6 Å². The van der Waals surface area contributed by atoms with Crippen molar-refractivity contribution in [3.05, 3.63) is 38.3 Å². The van der Waals surface area contributed by atoms with Crippen molar-refractivity contribution in [1.29, 1.82) is 0 Å². The Kier molecular flexibility index (Phi) is 5.80. The van der Waals surface area contributed by atoms with Crippen LogP contribution in [0.15, 0.2) is 15.7 Å². The lowest BCUT2D eigenvalue weighted by Crippen LogP contribution is -2.48. The second kappa shape index (κ2) is 8.28. The third-order valence-electron chi connectivity index (χ3n) is 6.02. The normalized spacial score (nSPS) is 17.6. The summed E-state index contributed by atoms with van der Waals surface area (Å²) in [6.07, 6.45) is 0.506. The Morgan fingerprint density at radius 1 is 1.38 bits per heavy atom. The first kappa shape index (κ1) is 22.4. The fraction of sp³-hybridized carbons (Fsp3) is 0.476. The van der Waals surface area contributed by atoms with Crippen molar-refractivity contribution in [2.24, 2.45) is 11.7 Å². The number of halogens is 2. The van der Waals surface area contributed by atoms with Crippen molar-refractivity contribution in [3.63, 3.8) is 0 Å². The van der Waals surface area contributed by atoms with E-state index in [4.69, 9.17) is 5.73 Å². The number of pyridine rings is 1. The van der Waals surface area contributed by atoms with Gasteiger partial charge >= 0.3 is 0 Å². The minimum atomic E-state index is -0.883. The van der Waals surface area contributed by atoms with Crippen molar-refractivity contribution in [3.8, 4) is 0 Å². The average molecular weight is 466 g/mol. The standard InChI is InChI=1S/C21H25F2N5O3S/c1-4-28-16-11(18(29)13-19(30)26-32-21(13)28)7-12(22)17(14(16)23)27-6-5-10(8-27)25-20(31)15(24)9(2)3/h7,9-10,15H,4-6,8,24H2,1-3H3,(H,25,31)(H,26,30)/t10?,15-/m0/s1. The van der Waals surface area contributed by atoms with Gasteiger partial charge in [0.2, 0.25) is 11.3 Å². The van der Waals surface area contributed by atoms with Crippen LogP contribution in [0.2, 0.25) is 0 Å². The molecule has 1 unspecified atom stereocenters. The smallest absolute Gasteiger partial charge is 0.271 e. The lowest BCUT2D eigenvalue weighted by atomic mass is 10.0. The maximum atomic E-state index is 15.7. The van der Waals surface area contributed by atoms with Gasteiger partial charge in [0.05, 0.1) is 16.9 Å². The molecule has 0 bridgehead atoms. The largest absolute Gasteiger partial charge is 0.365 e. The number of nitrogens with zero attached hydrogens (tertiary/aromatic N) is 2. The molecule has 32 heavy (non-hydrogen) atoms. The molecule has 2 atom stereocenters. The molecule has 1 aliphatic rings. The fourth-order valence-electron chi connectivity index (χ4n) is 4.23. The summed E-state index contributed by atoms with van der Waals surface area (Å²) in [4.78, 5) is 39.0. The van der Waals surface area contributed by atoms with Gasteiger partial charge in [-0.15, -0.1) is 0 Å². The Morgan fingerprint density at radius 3 is 2.75 bits per heavy atom. The van der Waals surface area contributed by atoms with Gasteiger partial charge in [0.1, 0.15) is 21.7 Å². The first-order chi connectivity index (χ1) is 15.1. The summed E-state index contributed by atoms with van der Waals surface area (Å²) in [5, 5.41) is 2.58. The molecule has 11 heteroatoms. The molecule has 3 heterocycles. The van der Waals surface area contributed by atoms with E-state index in [1.165, 1.54) is 9.47 Å². The molecule has 172 valence electrons. The number of amides is 1. The zero-order valence-electron chi connectivity index (χ0n) is 18.0. The number of H-pyrrole nitrogens is 1. The van der Waals surface area contributed by atoms with E-state index < -0.39 is 28.7 Å². The number of nitrogens with two attached hydrogens (primary N) is 1. The van der Waals surface area contributed by atoms with Crippen molar-refractivity contribution in [2.45, 2.75) is 45.8 Å². The van der Waals surface area contributed by atoms with Crippen LogP contribution in [0.1, 0.15) is 27.2 Å². The van der Waals surface area contributed by atoms with Crippen LogP contribution in [0.3, 0.4) is 0 Å². The summed E-state index contributed by atoms with van der Waals surface area (Å²) < 4.78 is 34.8. The number of aryl methyl sites for hydroxylation is 1. The van der Waals surface area contributed by atoms with Crippen LogP contribution >= 0.6 is 11.5 Å². The van der Waals surface area contributed by atoms with Crippen LogP contribution in [-0.4, -0.2) is 40.0 Å². The first-order valence-corrected chi connectivity index (χ1v) is 11.3. The fourth-order valence-corrected chi connectivity index (χ4v) is 5.14. The monoisotopic (exact) mass is 465 g/mol. The van der Waals surface area contributed by atoms with Gasteiger partial charge in [0, 0.05) is 25.7 Å². The molecule has 1 saturated heterocycles. The number of rotatable bonds is 5. The Labute approximate surface area is 186 Å². The molecule has 0 saturated carbocycles. The number of hydrogen-bond donors (Lipinski definition) is 3. The maximum absolute atomic E-state index is 15.7. The molecule has 4 N–H and O–H groups in total. The number of anilines is 1. The zero-order valence-corrected chi connectivity index (χ0v) is 18.8. The van der Waals surface area contributed by atoms with E-state index >= 15 is 8.78 Å². The quantitative estimate of drug-likeness (QED) is 0.533. The number of fused-ring (bicyclic) bond motifs is 2. The summed E-state index contributed by atoms with van der Waals surface area (Å²) in [5.41, 5.74) is 4.34. The highest BCUT2D eigenvalue weighted by molar-refractivity contribution is 7.12. The van der Waals surface area contributed by atoms with Gasteiger partial charge in [0.15, 0.2) is 5.82 Å². The molecule has 1 amide bonds. The average Bonchev–Trinajstić information content (AvgIpc) is 3.35. The Hall–Kier alpha value is -2.79. The van der Waals surface area contributed by atoms with Gasteiger partial charge < -0.3 is 20.5 Å². The third-order valence-corrected chi connectivity index (χ3v) is 6.93. The minimum absolute atomic E-state index is 0.0328. The van der Waals surface area contributed by atoms with Crippen LogP contribution in [0.25, 0.3) is 21.1 Å². The highest BCUT2D eigenvalue weighted by Crippen LogP contribution is 2.33. The minimum Gasteiger partial charge on any atom is -0.365 e. The van der Waals surface area contributed by atoms with Crippen molar-refractivity contribution in [2.75, 3.05) is 18.0 Å². The molecule has 1 fully saturated rings. The molecule has 4 rings (SSSR count). The second-order valence-electron chi connectivity index (χ2n) is 8.41. The Morgan fingerprint density at radius 2 is 2.09 bits per heavy atom. The van der Waals surface area contributed by atoms with Crippen LogP contribution in [0.4, 0.5) is 14.5 Å². The number of aromatic nitrogens is 2. The van der Waals surface area contributed by atoms with E-state index in [0.29, 0.717) is 17.8 Å². The van der Waals surface area contributed by atoms with Gasteiger partial charge in [-0.3, -0.25) is 18.8 Å². The van der Waals surface area contributed by atoms with E-state index in [1.54, 1.807) is 6.92 Å². The molecular formula is C21H25F2N5O3S. The highest BCUT2D eigenvalue weighted by atomic mass is 32.1. The Bertz CT molecular complexity index is 1330. The summed E-state index contributed by atoms with van der Waals surface area (Å²) in [5.74, 6) is -2.07. The lowest BCUT2D eigenvalue weighted by molar-refractivity contribution is -0.123. The summed E-state index contributed by atoms with van der Waals surface area (Å²) in [6, 6.07) is 0.0417. The van der Waals surface area contributed by atoms with Crippen LogP contribution in [-0.2, 0) is 11.3 Å². The molecule has 0 aliphatic carbocycles. The number of carbonyl (C=O) groups excluding carboxylic acids is 1. The number of hydrogen-bond acceptors (Lipinski definition) is 6. The number of benzene rings is 1. The molecular weight excluding hydrogens is 440 g/mol. The van der Waals surface area contributed by atoms with E-state index in [9.17, 15) is 14.4 Å². The molecule has 1 aromatic carbocycles. The molecule has 8 nitrogen and oxygen atoms in total. The second-order valence-corrected chi connectivity index (χ2v) is 9.21. The zero-order chi connectivity index (χ0) is 23.3. The topological polar surface area (TPSA) is 113 Å². The summed E-state index contributed by atoms with van der Waals surface area (Å²) in [7, 11) is 0. The summed E-state index contributed by atoms with van der Waals surface area (Å²) in [6.45, 7) is 6.28. The molecule has 0 spiro atoms. The molecule has 2 aromatic heterocycles. The van der Waals surface area contributed by atoms with E-state index in [1.807, 2.05) is 13.8 Å². The van der Waals surface area contributed by atoms with Gasteiger partial charge in [-0.2, -0.15) is 0 Å². The number of carbonyl (C=O) groups is 1. The van der Waals surface area contributed by atoms with Crippen molar-refractivity contribution < 1.29 is 13.6 Å². The van der Waals surface area contributed by atoms with Gasteiger partial charge in [-0.25, -0.2) is 8.78 Å². The predicted octanol–water partition coefficient (Wildman–Crippen LogP) is 1.88. The number of nitrogens with one attached hydrogen (secondary N) is 2. The number of aromatic amines is 1. The van der Waals surface area contributed by atoms with Crippen LogP contribution in [0.5, 0.6) is 0 Å². The van der Waals surface area contributed by atoms with E-state index in [0.717, 1.165) is 17.6 Å². The van der Waals surface area contributed by atoms with Crippen molar-refractivity contribution in [1.82, 2.24) is 14.3 Å². The van der Waals surface area contributed by atoms with Crippen molar-refractivity contribution >= 4 is 44.2 Å². The lowest BCUT2D eigenvalue weighted by Gasteiger charge is -2.23. The van der Waals surface area contributed by atoms with Gasteiger partial charge in [0.25, 0.3) is 5.56 Å². The molecule has 3 aromatic rings. The highest BCUT2D eigenvalue weighted by Gasteiger charge is 2.31. The molecule has 1 aliphatic heterocycles. The summed E-state index contributed by atoms with van der Waals surface area (Å²) >= 11 is 0.949. The van der Waals surface area contributed by atoms with E-state index in [-0.39, 0.29) is 52.9 Å². The maximum Gasteiger partial charge on any atom is 0.271 e. The first-order valence-electron chi connectivity index (χ1n) is 10.5. The Balaban J connectivity index is 1.76. The van der Waals surface area contributed by atoms with Gasteiger partial charge in [-0.1, -0.05) is 13.8 Å². The SMILES string of the molecule is CCn1c2s[nH]c(=O)c2c(=O)c2cc(F)c(N3CCC(NC(=O)[C@@H](N)C(C)C)C3)c(F)c21. The van der Waals surface area contributed by atoms with E-state index in [2.05, 4.69) is 9.69 Å². The van der Waals surface area contributed by atoms with Crippen LogP contribution < -0.4 is 26.9 Å².